The molecule has 2 aromatic carbocycles. The SMILES string of the molecule is CSCCC(N)C(=O)NC(Cc1ccc(O)cc1)C(=O)N1CCCC1C(=O)NC(Cc1ccc(O)cc1)C(=O)O. The van der Waals surface area contributed by atoms with Crippen LogP contribution in [0.2, 0.25) is 0 Å². The fourth-order valence-electron chi connectivity index (χ4n) is 4.56. The molecule has 40 heavy (non-hydrogen) atoms. The molecule has 0 bridgehead atoms. The zero-order valence-electron chi connectivity index (χ0n) is 22.3. The van der Waals surface area contributed by atoms with Crippen LogP contribution in [0, 0.1) is 0 Å². The molecule has 2 aromatic rings. The minimum Gasteiger partial charge on any atom is -0.508 e. The van der Waals surface area contributed by atoms with Gasteiger partial charge in [0.25, 0.3) is 0 Å². The minimum atomic E-state index is -1.24. The quantitative estimate of drug-likeness (QED) is 0.204. The predicted octanol–water partition coefficient (Wildman–Crippen LogP) is 1.01. The molecule has 3 rings (SSSR count). The van der Waals surface area contributed by atoms with Crippen molar-refractivity contribution in [3.63, 3.8) is 0 Å². The van der Waals surface area contributed by atoms with Crippen LogP contribution in [0.4, 0.5) is 0 Å². The van der Waals surface area contributed by atoms with E-state index < -0.39 is 47.9 Å². The lowest BCUT2D eigenvalue weighted by atomic mass is 10.0. The molecule has 4 atom stereocenters. The summed E-state index contributed by atoms with van der Waals surface area (Å²) in [5.41, 5.74) is 7.33. The topological polar surface area (TPSA) is 182 Å². The third-order valence-electron chi connectivity index (χ3n) is 6.79. The van der Waals surface area contributed by atoms with Crippen molar-refractivity contribution in [2.75, 3.05) is 18.6 Å². The molecule has 3 amide bonds. The van der Waals surface area contributed by atoms with Crippen LogP contribution in [-0.4, -0.2) is 86.6 Å². The smallest absolute Gasteiger partial charge is 0.326 e. The Morgan fingerprint density at radius 3 is 2.02 bits per heavy atom. The number of amides is 3. The van der Waals surface area contributed by atoms with E-state index in [4.69, 9.17) is 5.73 Å². The third-order valence-corrected chi connectivity index (χ3v) is 7.43. The van der Waals surface area contributed by atoms with Crippen molar-refractivity contribution >= 4 is 35.5 Å². The number of carbonyl (C=O) groups excluding carboxylic acids is 3. The maximum absolute atomic E-state index is 13.7. The van der Waals surface area contributed by atoms with E-state index in [0.717, 1.165) is 0 Å². The molecule has 0 saturated carbocycles. The van der Waals surface area contributed by atoms with E-state index in [0.29, 0.717) is 36.1 Å². The highest BCUT2D eigenvalue weighted by atomic mass is 32.2. The molecular formula is C28H36N4O7S. The van der Waals surface area contributed by atoms with E-state index in [9.17, 15) is 34.5 Å². The zero-order chi connectivity index (χ0) is 29.2. The zero-order valence-corrected chi connectivity index (χ0v) is 23.1. The largest absolute Gasteiger partial charge is 0.508 e. The number of hydrogen-bond acceptors (Lipinski definition) is 8. The number of benzene rings is 2. The average molecular weight is 573 g/mol. The van der Waals surface area contributed by atoms with Gasteiger partial charge in [-0.3, -0.25) is 14.4 Å². The Hall–Kier alpha value is -3.77. The van der Waals surface area contributed by atoms with E-state index in [1.165, 1.54) is 29.2 Å². The second-order valence-electron chi connectivity index (χ2n) is 9.78. The second kappa shape index (κ2) is 14.6. The Labute approximate surface area is 237 Å². The number of aliphatic carboxylic acids is 1. The van der Waals surface area contributed by atoms with Gasteiger partial charge in [-0.1, -0.05) is 24.3 Å². The van der Waals surface area contributed by atoms with Crippen molar-refractivity contribution < 1.29 is 34.5 Å². The number of thioether (sulfide) groups is 1. The van der Waals surface area contributed by atoms with E-state index >= 15 is 0 Å². The van der Waals surface area contributed by atoms with Gasteiger partial charge in [0.05, 0.1) is 6.04 Å². The number of carboxylic acid groups (broad SMARTS) is 1. The third kappa shape index (κ3) is 8.62. The number of rotatable bonds is 13. The van der Waals surface area contributed by atoms with Gasteiger partial charge in [-0.15, -0.1) is 0 Å². The first-order valence-electron chi connectivity index (χ1n) is 13.0. The van der Waals surface area contributed by atoms with Crippen molar-refractivity contribution in [2.45, 2.75) is 56.3 Å². The molecule has 0 radical (unpaired) electrons. The molecule has 1 aliphatic heterocycles. The van der Waals surface area contributed by atoms with Gasteiger partial charge in [-0.2, -0.15) is 11.8 Å². The first-order chi connectivity index (χ1) is 19.1. The molecule has 4 unspecified atom stereocenters. The highest BCUT2D eigenvalue weighted by molar-refractivity contribution is 7.98. The number of carbonyl (C=O) groups is 4. The molecule has 0 aliphatic carbocycles. The number of nitrogens with two attached hydrogens (primary N) is 1. The van der Waals surface area contributed by atoms with Gasteiger partial charge >= 0.3 is 5.97 Å². The van der Waals surface area contributed by atoms with Crippen LogP contribution in [0.15, 0.2) is 48.5 Å². The molecule has 1 fully saturated rings. The first-order valence-corrected chi connectivity index (χ1v) is 14.4. The van der Waals surface area contributed by atoms with Crippen molar-refractivity contribution in [1.29, 1.82) is 0 Å². The highest BCUT2D eigenvalue weighted by Gasteiger charge is 2.39. The summed E-state index contributed by atoms with van der Waals surface area (Å²) in [6, 6.07) is 8.29. The van der Waals surface area contributed by atoms with Gasteiger partial charge in [-0.05, 0) is 66.7 Å². The molecule has 1 saturated heterocycles. The summed E-state index contributed by atoms with van der Waals surface area (Å²) in [6.45, 7) is 0.271. The number of aromatic hydroxyl groups is 2. The van der Waals surface area contributed by atoms with Gasteiger partial charge in [-0.25, -0.2) is 4.79 Å². The summed E-state index contributed by atoms with van der Waals surface area (Å²) in [5, 5.41) is 34.1. The monoisotopic (exact) mass is 572 g/mol. The fraction of sp³-hybridized carbons (Fsp3) is 0.429. The maximum atomic E-state index is 13.7. The van der Waals surface area contributed by atoms with Crippen molar-refractivity contribution in [3.05, 3.63) is 59.7 Å². The fourth-order valence-corrected chi connectivity index (χ4v) is 5.05. The molecule has 0 aromatic heterocycles. The summed E-state index contributed by atoms with van der Waals surface area (Å²) in [4.78, 5) is 53.1. The summed E-state index contributed by atoms with van der Waals surface area (Å²) < 4.78 is 0. The number of nitrogens with zero attached hydrogens (tertiary/aromatic N) is 1. The van der Waals surface area contributed by atoms with Crippen LogP contribution in [0.3, 0.4) is 0 Å². The van der Waals surface area contributed by atoms with Gasteiger partial charge in [0.2, 0.25) is 17.7 Å². The average Bonchev–Trinajstić information content (AvgIpc) is 3.43. The lowest BCUT2D eigenvalue weighted by Gasteiger charge is -2.30. The Kier molecular flexibility index (Phi) is 11.2. The van der Waals surface area contributed by atoms with E-state index in [1.807, 2.05) is 6.26 Å². The van der Waals surface area contributed by atoms with Crippen LogP contribution in [-0.2, 0) is 32.0 Å². The number of hydrogen-bond donors (Lipinski definition) is 6. The van der Waals surface area contributed by atoms with Crippen LogP contribution in [0.5, 0.6) is 11.5 Å². The molecule has 7 N–H and O–H groups in total. The first kappa shape index (κ1) is 30.8. The van der Waals surface area contributed by atoms with E-state index in [1.54, 1.807) is 36.0 Å². The van der Waals surface area contributed by atoms with Gasteiger partial charge in [0, 0.05) is 19.4 Å². The summed E-state index contributed by atoms with van der Waals surface area (Å²) in [7, 11) is 0. The normalized spacial score (nSPS) is 17.1. The second-order valence-corrected chi connectivity index (χ2v) is 10.8. The number of phenolic OH excluding ortho intramolecular Hbond substituents is 2. The lowest BCUT2D eigenvalue weighted by molar-refractivity contribution is -0.144. The molecular weight excluding hydrogens is 536 g/mol. The van der Waals surface area contributed by atoms with Gasteiger partial charge in [0.1, 0.15) is 29.6 Å². The Balaban J connectivity index is 1.75. The molecule has 1 aliphatic rings. The summed E-state index contributed by atoms with van der Waals surface area (Å²) in [5.74, 6) is -2.00. The number of nitrogens with one attached hydrogen (secondary N) is 2. The number of phenols is 2. The molecule has 12 heteroatoms. The molecule has 0 spiro atoms. The lowest BCUT2D eigenvalue weighted by Crippen LogP contribution is -2.57. The minimum absolute atomic E-state index is 0.00448. The van der Waals surface area contributed by atoms with Crippen molar-refractivity contribution in [1.82, 2.24) is 15.5 Å². The van der Waals surface area contributed by atoms with Crippen LogP contribution < -0.4 is 16.4 Å². The number of carboxylic acids is 1. The van der Waals surface area contributed by atoms with E-state index in [2.05, 4.69) is 10.6 Å². The van der Waals surface area contributed by atoms with Crippen molar-refractivity contribution in [3.8, 4) is 11.5 Å². The Morgan fingerprint density at radius 1 is 0.950 bits per heavy atom. The summed E-state index contributed by atoms with van der Waals surface area (Å²) >= 11 is 1.55. The van der Waals surface area contributed by atoms with E-state index in [-0.39, 0.29) is 30.9 Å². The molecule has 1 heterocycles. The number of likely N-dealkylation sites (tertiary alicyclic amines) is 1. The van der Waals surface area contributed by atoms with Crippen LogP contribution in [0.1, 0.15) is 30.4 Å². The predicted molar refractivity (Wildman–Crippen MR) is 151 cm³/mol. The van der Waals surface area contributed by atoms with Gasteiger partial charge in [0.15, 0.2) is 0 Å². The Bertz CT molecular complexity index is 1180. The van der Waals surface area contributed by atoms with Crippen LogP contribution in [0.25, 0.3) is 0 Å². The standard InChI is InChI=1S/C28H36N4O7S/c1-40-14-12-21(29)25(35)30-22(15-17-4-8-19(33)9-5-17)27(37)32-13-2-3-24(32)26(36)31-23(28(38)39)16-18-6-10-20(34)11-7-18/h4-11,21-24,33-34H,2-3,12-16,29H2,1H3,(H,30,35)(H,31,36)(H,38,39). The molecule has 216 valence electrons. The highest BCUT2D eigenvalue weighted by Crippen LogP contribution is 2.21. The maximum Gasteiger partial charge on any atom is 0.326 e. The van der Waals surface area contributed by atoms with Crippen molar-refractivity contribution in [2.24, 2.45) is 5.73 Å². The van der Waals surface area contributed by atoms with Gasteiger partial charge < -0.3 is 36.6 Å². The summed E-state index contributed by atoms with van der Waals surface area (Å²) in [6.07, 6.45) is 3.32. The molecule has 11 nitrogen and oxygen atoms in total. The Morgan fingerprint density at radius 2 is 1.50 bits per heavy atom. The van der Waals surface area contributed by atoms with Crippen LogP contribution >= 0.6 is 11.8 Å².